The molecule has 0 aliphatic heterocycles. The standard InChI is InChI=1S/C15H15NO3/c1-11-7-15(18-2)8-13(16-11)10-19-14-5-3-12(9-17)4-6-14/h3-9H,10H2,1-2H3. The average Bonchev–Trinajstić information content (AvgIpc) is 2.45. The minimum absolute atomic E-state index is 0.360. The number of aldehydes is 1. The molecule has 0 radical (unpaired) electrons. The molecule has 2 rings (SSSR count). The lowest BCUT2D eigenvalue weighted by atomic mass is 10.2. The van der Waals surface area contributed by atoms with Crippen molar-refractivity contribution in [3.63, 3.8) is 0 Å². The second-order valence-corrected chi connectivity index (χ2v) is 4.12. The van der Waals surface area contributed by atoms with Crippen LogP contribution < -0.4 is 9.47 Å². The van der Waals surface area contributed by atoms with E-state index >= 15 is 0 Å². The van der Waals surface area contributed by atoms with Crippen LogP contribution in [0.3, 0.4) is 0 Å². The van der Waals surface area contributed by atoms with Gasteiger partial charge in [0.15, 0.2) is 0 Å². The van der Waals surface area contributed by atoms with Gasteiger partial charge in [0.05, 0.1) is 12.8 Å². The number of nitrogens with zero attached hydrogens (tertiary/aromatic N) is 1. The fourth-order valence-corrected chi connectivity index (χ4v) is 1.69. The van der Waals surface area contributed by atoms with E-state index in [1.54, 1.807) is 31.4 Å². The molecule has 0 N–H and O–H groups in total. The number of carbonyl (C=O) groups is 1. The maximum atomic E-state index is 10.5. The van der Waals surface area contributed by atoms with Crippen molar-refractivity contribution in [1.82, 2.24) is 4.98 Å². The van der Waals surface area contributed by atoms with Crippen molar-refractivity contribution in [3.05, 3.63) is 53.3 Å². The third kappa shape index (κ3) is 3.55. The van der Waals surface area contributed by atoms with Crippen LogP contribution in [0, 0.1) is 6.92 Å². The number of ether oxygens (including phenoxy) is 2. The predicted octanol–water partition coefficient (Wildman–Crippen LogP) is 2.79. The molecule has 0 fully saturated rings. The number of hydrogen-bond acceptors (Lipinski definition) is 4. The molecule has 0 amide bonds. The molecular weight excluding hydrogens is 242 g/mol. The fraction of sp³-hybridized carbons (Fsp3) is 0.200. The zero-order valence-corrected chi connectivity index (χ0v) is 10.9. The highest BCUT2D eigenvalue weighted by molar-refractivity contribution is 5.74. The first-order chi connectivity index (χ1) is 9.21. The second-order valence-electron chi connectivity index (χ2n) is 4.12. The number of carbonyl (C=O) groups excluding carboxylic acids is 1. The first-order valence-corrected chi connectivity index (χ1v) is 5.91. The van der Waals surface area contributed by atoms with E-state index in [1.165, 1.54) is 0 Å². The van der Waals surface area contributed by atoms with Crippen molar-refractivity contribution in [2.45, 2.75) is 13.5 Å². The molecule has 19 heavy (non-hydrogen) atoms. The summed E-state index contributed by atoms with van der Waals surface area (Å²) in [6, 6.07) is 10.7. The van der Waals surface area contributed by atoms with E-state index in [4.69, 9.17) is 9.47 Å². The molecule has 0 saturated heterocycles. The van der Waals surface area contributed by atoms with Crippen LogP contribution in [-0.2, 0) is 6.61 Å². The van der Waals surface area contributed by atoms with Crippen LogP contribution in [0.4, 0.5) is 0 Å². The van der Waals surface area contributed by atoms with Crippen LogP contribution in [-0.4, -0.2) is 18.4 Å². The highest BCUT2D eigenvalue weighted by Gasteiger charge is 2.02. The number of rotatable bonds is 5. The summed E-state index contributed by atoms with van der Waals surface area (Å²) in [5.74, 6) is 1.47. The molecule has 4 nitrogen and oxygen atoms in total. The molecule has 1 aromatic heterocycles. The van der Waals surface area contributed by atoms with Gasteiger partial charge in [0.1, 0.15) is 24.4 Å². The van der Waals surface area contributed by atoms with Gasteiger partial charge in [-0.3, -0.25) is 9.78 Å². The first-order valence-electron chi connectivity index (χ1n) is 5.91. The number of aromatic nitrogens is 1. The summed E-state index contributed by atoms with van der Waals surface area (Å²) < 4.78 is 10.8. The third-order valence-corrected chi connectivity index (χ3v) is 2.62. The maximum Gasteiger partial charge on any atom is 0.150 e. The Morgan fingerprint density at radius 3 is 2.53 bits per heavy atom. The summed E-state index contributed by atoms with van der Waals surface area (Å²) in [6.07, 6.45) is 0.802. The van der Waals surface area contributed by atoms with E-state index < -0.39 is 0 Å². The second kappa shape index (κ2) is 6.00. The van der Waals surface area contributed by atoms with E-state index in [1.807, 2.05) is 19.1 Å². The Labute approximate surface area is 112 Å². The Hall–Kier alpha value is -2.36. The highest BCUT2D eigenvalue weighted by atomic mass is 16.5. The molecule has 1 heterocycles. The zero-order valence-electron chi connectivity index (χ0n) is 10.9. The van der Waals surface area contributed by atoms with Crippen molar-refractivity contribution < 1.29 is 14.3 Å². The molecule has 0 aliphatic carbocycles. The maximum absolute atomic E-state index is 10.5. The molecule has 4 heteroatoms. The molecule has 0 saturated carbocycles. The van der Waals surface area contributed by atoms with Crippen molar-refractivity contribution in [1.29, 1.82) is 0 Å². The fourth-order valence-electron chi connectivity index (χ4n) is 1.69. The number of hydrogen-bond donors (Lipinski definition) is 0. The van der Waals surface area contributed by atoms with Gasteiger partial charge in [-0.15, -0.1) is 0 Å². The predicted molar refractivity (Wildman–Crippen MR) is 71.7 cm³/mol. The van der Waals surface area contributed by atoms with Crippen molar-refractivity contribution >= 4 is 6.29 Å². The molecule has 0 bridgehead atoms. The normalized spacial score (nSPS) is 10.0. The Bertz CT molecular complexity index is 564. The lowest BCUT2D eigenvalue weighted by molar-refractivity contribution is 0.112. The van der Waals surface area contributed by atoms with Crippen LogP contribution in [0.1, 0.15) is 21.7 Å². The van der Waals surface area contributed by atoms with Crippen molar-refractivity contribution in [2.75, 3.05) is 7.11 Å². The number of benzene rings is 1. The van der Waals surface area contributed by atoms with Crippen LogP contribution >= 0.6 is 0 Å². The van der Waals surface area contributed by atoms with Gasteiger partial charge in [-0.1, -0.05) is 0 Å². The van der Waals surface area contributed by atoms with E-state index in [0.29, 0.717) is 17.9 Å². The van der Waals surface area contributed by atoms with Gasteiger partial charge in [-0.2, -0.15) is 0 Å². The molecule has 98 valence electrons. The average molecular weight is 257 g/mol. The third-order valence-electron chi connectivity index (χ3n) is 2.62. The van der Waals surface area contributed by atoms with Gasteiger partial charge in [0.2, 0.25) is 0 Å². The van der Waals surface area contributed by atoms with Gasteiger partial charge in [0, 0.05) is 23.4 Å². The van der Waals surface area contributed by atoms with E-state index in [0.717, 1.165) is 23.4 Å². The first kappa shape index (κ1) is 13.1. The number of aryl methyl sites for hydroxylation is 1. The van der Waals surface area contributed by atoms with Crippen LogP contribution in [0.5, 0.6) is 11.5 Å². The van der Waals surface area contributed by atoms with Crippen molar-refractivity contribution in [3.8, 4) is 11.5 Å². The van der Waals surface area contributed by atoms with E-state index in [2.05, 4.69) is 4.98 Å². The summed E-state index contributed by atoms with van der Waals surface area (Å²) in [4.78, 5) is 14.9. The molecule has 0 spiro atoms. The molecular formula is C15H15NO3. The summed E-state index contributed by atoms with van der Waals surface area (Å²) >= 11 is 0. The van der Waals surface area contributed by atoms with E-state index in [9.17, 15) is 4.79 Å². The van der Waals surface area contributed by atoms with Gasteiger partial charge >= 0.3 is 0 Å². The Morgan fingerprint density at radius 2 is 1.89 bits per heavy atom. The Kier molecular flexibility index (Phi) is 4.13. The summed E-state index contributed by atoms with van der Waals surface area (Å²) in [5, 5.41) is 0. The SMILES string of the molecule is COc1cc(C)nc(COc2ccc(C=O)cc2)c1. The van der Waals surface area contributed by atoms with Crippen molar-refractivity contribution in [2.24, 2.45) is 0 Å². The summed E-state index contributed by atoms with van der Waals surface area (Å²) in [7, 11) is 1.62. The summed E-state index contributed by atoms with van der Waals surface area (Å²) in [5.41, 5.74) is 2.31. The molecule has 0 atom stereocenters. The lowest BCUT2D eigenvalue weighted by Gasteiger charge is -2.08. The quantitative estimate of drug-likeness (QED) is 0.773. The minimum Gasteiger partial charge on any atom is -0.497 e. The van der Waals surface area contributed by atoms with E-state index in [-0.39, 0.29) is 0 Å². The zero-order chi connectivity index (χ0) is 13.7. The molecule has 1 aromatic carbocycles. The molecule has 0 unspecified atom stereocenters. The van der Waals surface area contributed by atoms with Gasteiger partial charge in [-0.25, -0.2) is 0 Å². The highest BCUT2D eigenvalue weighted by Crippen LogP contribution is 2.16. The minimum atomic E-state index is 0.360. The largest absolute Gasteiger partial charge is 0.497 e. The van der Waals surface area contributed by atoms with Crippen LogP contribution in [0.25, 0.3) is 0 Å². The van der Waals surface area contributed by atoms with Gasteiger partial charge < -0.3 is 9.47 Å². The summed E-state index contributed by atoms with van der Waals surface area (Å²) in [6.45, 7) is 2.27. The van der Waals surface area contributed by atoms with Crippen LogP contribution in [0.2, 0.25) is 0 Å². The van der Waals surface area contributed by atoms with Gasteiger partial charge in [0.25, 0.3) is 0 Å². The van der Waals surface area contributed by atoms with Gasteiger partial charge in [-0.05, 0) is 31.2 Å². The lowest BCUT2D eigenvalue weighted by Crippen LogP contribution is -2.00. The molecule has 2 aromatic rings. The number of pyridine rings is 1. The molecule has 0 aliphatic rings. The number of methoxy groups -OCH3 is 1. The Morgan fingerprint density at radius 1 is 1.16 bits per heavy atom. The smallest absolute Gasteiger partial charge is 0.150 e. The van der Waals surface area contributed by atoms with Crippen LogP contribution in [0.15, 0.2) is 36.4 Å². The Balaban J connectivity index is 2.05. The topological polar surface area (TPSA) is 48.4 Å². The monoisotopic (exact) mass is 257 g/mol.